The van der Waals surface area contributed by atoms with Gasteiger partial charge in [0.15, 0.2) is 0 Å². The Hall–Kier alpha value is -3.10. The molecular formula is C24H34N4O5. The molecule has 180 valence electrons. The van der Waals surface area contributed by atoms with E-state index in [1.54, 1.807) is 36.1 Å². The molecule has 1 fully saturated rings. The summed E-state index contributed by atoms with van der Waals surface area (Å²) in [5.41, 5.74) is 2.23. The summed E-state index contributed by atoms with van der Waals surface area (Å²) in [6, 6.07) is 3.67. The minimum atomic E-state index is -0.757. The quantitative estimate of drug-likeness (QED) is 0.602. The Balaban J connectivity index is 1.61. The predicted molar refractivity (Wildman–Crippen MR) is 123 cm³/mol. The zero-order valence-corrected chi connectivity index (χ0v) is 19.9. The fourth-order valence-electron chi connectivity index (χ4n) is 3.91. The second-order valence-corrected chi connectivity index (χ2v) is 9.11. The van der Waals surface area contributed by atoms with E-state index in [2.05, 4.69) is 23.9 Å². The molecule has 2 aromatic rings. The Labute approximate surface area is 194 Å². The summed E-state index contributed by atoms with van der Waals surface area (Å²) in [5.74, 6) is 0.0193. The number of aliphatic carboxylic acids is 1. The van der Waals surface area contributed by atoms with Crippen LogP contribution in [-0.4, -0.2) is 56.5 Å². The number of carbonyl (C=O) groups is 2. The maximum absolute atomic E-state index is 12.3. The van der Waals surface area contributed by atoms with Crippen LogP contribution in [0.3, 0.4) is 0 Å². The summed E-state index contributed by atoms with van der Waals surface area (Å²) >= 11 is 0. The van der Waals surface area contributed by atoms with Crippen LogP contribution in [-0.2, 0) is 23.2 Å². The van der Waals surface area contributed by atoms with Gasteiger partial charge in [-0.15, -0.1) is 0 Å². The highest BCUT2D eigenvalue weighted by Crippen LogP contribution is 2.29. The van der Waals surface area contributed by atoms with Crippen molar-refractivity contribution in [1.29, 1.82) is 0 Å². The first-order valence-electron chi connectivity index (χ1n) is 11.5. The van der Waals surface area contributed by atoms with Crippen molar-refractivity contribution in [3.63, 3.8) is 0 Å². The lowest BCUT2D eigenvalue weighted by Crippen LogP contribution is -2.29. The average Bonchev–Trinajstić information content (AvgIpc) is 3.16. The lowest BCUT2D eigenvalue weighted by atomic mass is 9.87. The number of ether oxygens (including phenoxy) is 2. The molecule has 0 saturated heterocycles. The highest BCUT2D eigenvalue weighted by atomic mass is 16.6. The third-order valence-electron chi connectivity index (χ3n) is 6.04. The minimum Gasteiger partial charge on any atom is -0.489 e. The first kappa shape index (κ1) is 24.5. The number of hydrogen-bond donors (Lipinski definition) is 1. The molecule has 1 saturated carbocycles. The summed E-state index contributed by atoms with van der Waals surface area (Å²) in [6.07, 6.45) is 6.68. The summed E-state index contributed by atoms with van der Waals surface area (Å²) in [7, 11) is 3.54. The van der Waals surface area contributed by atoms with Crippen LogP contribution in [0.1, 0.15) is 51.6 Å². The zero-order chi connectivity index (χ0) is 24.0. The molecule has 2 atom stereocenters. The number of nitrogens with zero attached hydrogens (tertiary/aromatic N) is 4. The fraction of sp³-hybridized carbons (Fsp3) is 0.583. The molecule has 1 aliphatic rings. The molecule has 0 unspecified atom stereocenters. The van der Waals surface area contributed by atoms with Crippen molar-refractivity contribution >= 4 is 12.1 Å². The molecule has 0 aliphatic heterocycles. The molecule has 0 bridgehead atoms. The molecular weight excluding hydrogens is 424 g/mol. The predicted octanol–water partition coefficient (Wildman–Crippen LogP) is 4.12. The number of aromatic nitrogens is 3. The van der Waals surface area contributed by atoms with Crippen molar-refractivity contribution in [2.75, 3.05) is 13.6 Å². The van der Waals surface area contributed by atoms with Crippen molar-refractivity contribution in [2.24, 2.45) is 18.9 Å². The van der Waals surface area contributed by atoms with E-state index in [1.807, 2.05) is 12.1 Å². The summed E-state index contributed by atoms with van der Waals surface area (Å²) in [6.45, 7) is 4.97. The molecule has 33 heavy (non-hydrogen) atoms. The number of carboxylic acids is 1. The smallest absolute Gasteiger partial charge is 0.409 e. The molecule has 1 amide bonds. The van der Waals surface area contributed by atoms with E-state index in [1.165, 1.54) is 0 Å². The number of hydrogen-bond acceptors (Lipinski definition) is 6. The van der Waals surface area contributed by atoms with Gasteiger partial charge in [-0.2, -0.15) is 5.10 Å². The van der Waals surface area contributed by atoms with Crippen molar-refractivity contribution in [3.8, 4) is 17.0 Å². The topological polar surface area (TPSA) is 107 Å². The average molecular weight is 459 g/mol. The number of rotatable bonds is 9. The van der Waals surface area contributed by atoms with E-state index in [0.717, 1.165) is 30.5 Å². The van der Waals surface area contributed by atoms with Crippen LogP contribution < -0.4 is 4.74 Å². The van der Waals surface area contributed by atoms with Gasteiger partial charge in [0, 0.05) is 26.2 Å². The molecule has 9 heteroatoms. The number of carbonyl (C=O) groups excluding carboxylic acids is 1. The molecule has 2 heterocycles. The van der Waals surface area contributed by atoms with Crippen molar-refractivity contribution in [1.82, 2.24) is 19.7 Å². The van der Waals surface area contributed by atoms with E-state index in [-0.39, 0.29) is 24.7 Å². The van der Waals surface area contributed by atoms with Gasteiger partial charge >= 0.3 is 12.1 Å². The van der Waals surface area contributed by atoms with Crippen molar-refractivity contribution < 1.29 is 24.2 Å². The molecule has 0 spiro atoms. The van der Waals surface area contributed by atoms with Gasteiger partial charge < -0.3 is 19.5 Å². The van der Waals surface area contributed by atoms with Crippen molar-refractivity contribution in [2.45, 2.75) is 58.7 Å². The Morgan fingerprint density at radius 2 is 2.06 bits per heavy atom. The van der Waals surface area contributed by atoms with E-state index >= 15 is 0 Å². The minimum absolute atomic E-state index is 0.0925. The third kappa shape index (κ3) is 6.69. The molecule has 1 N–H and O–H groups in total. The van der Waals surface area contributed by atoms with Crippen LogP contribution in [0.15, 0.2) is 24.5 Å². The van der Waals surface area contributed by atoms with E-state index in [4.69, 9.17) is 9.47 Å². The Morgan fingerprint density at radius 3 is 2.73 bits per heavy atom. The van der Waals surface area contributed by atoms with Crippen LogP contribution in [0, 0.1) is 11.8 Å². The number of amides is 1. The molecule has 0 radical (unpaired) electrons. The second kappa shape index (κ2) is 11.2. The van der Waals surface area contributed by atoms with Crippen LogP contribution in [0.4, 0.5) is 4.79 Å². The zero-order valence-electron chi connectivity index (χ0n) is 19.9. The lowest BCUT2D eigenvalue weighted by Gasteiger charge is -2.27. The van der Waals surface area contributed by atoms with Gasteiger partial charge in [-0.1, -0.05) is 13.8 Å². The van der Waals surface area contributed by atoms with Gasteiger partial charge in [-0.25, -0.2) is 4.79 Å². The lowest BCUT2D eigenvalue weighted by molar-refractivity contribution is -0.143. The van der Waals surface area contributed by atoms with Gasteiger partial charge in [0.1, 0.15) is 12.4 Å². The summed E-state index contributed by atoms with van der Waals surface area (Å²) in [5, 5.41) is 13.6. The third-order valence-corrected chi connectivity index (χ3v) is 6.04. The van der Waals surface area contributed by atoms with Gasteiger partial charge in [-0.05, 0) is 50.2 Å². The van der Waals surface area contributed by atoms with Gasteiger partial charge in [-0.3, -0.25) is 14.5 Å². The van der Waals surface area contributed by atoms with Gasteiger partial charge in [0.05, 0.1) is 35.8 Å². The van der Waals surface area contributed by atoms with Crippen molar-refractivity contribution in [3.05, 3.63) is 30.2 Å². The maximum atomic E-state index is 12.3. The normalized spacial score (nSPS) is 18.2. The monoisotopic (exact) mass is 458 g/mol. The van der Waals surface area contributed by atoms with Gasteiger partial charge in [0.25, 0.3) is 0 Å². The molecule has 2 aromatic heterocycles. The van der Waals surface area contributed by atoms with E-state index in [0.29, 0.717) is 36.7 Å². The number of carboxylic acid groups (broad SMARTS) is 1. The SMILES string of the molecule is CC(C)CCN(C)C(=O)OCc1c(-c2ccc(O[C@H]3CCC[C@H](C(=O)O)C3)cn2)cnn1C. The van der Waals surface area contributed by atoms with Crippen LogP contribution in [0.5, 0.6) is 5.75 Å². The molecule has 9 nitrogen and oxygen atoms in total. The second-order valence-electron chi connectivity index (χ2n) is 9.11. The number of aryl methyl sites for hydroxylation is 1. The fourth-order valence-corrected chi connectivity index (χ4v) is 3.91. The Morgan fingerprint density at radius 1 is 1.27 bits per heavy atom. The first-order chi connectivity index (χ1) is 15.7. The van der Waals surface area contributed by atoms with E-state index in [9.17, 15) is 14.7 Å². The summed E-state index contributed by atoms with van der Waals surface area (Å²) in [4.78, 5) is 29.7. The molecule has 0 aromatic carbocycles. The highest BCUT2D eigenvalue weighted by Gasteiger charge is 2.28. The van der Waals surface area contributed by atoms with E-state index < -0.39 is 5.97 Å². The standard InChI is InChI=1S/C24H34N4O5/c1-16(2)10-11-27(3)24(31)32-15-22-20(14-26-28(22)4)21-9-8-19(13-25-21)33-18-7-5-6-17(12-18)23(29)30/h8-9,13-14,16-18H,5-7,10-12,15H2,1-4H3,(H,29,30)/t17-,18-/m0/s1. The summed E-state index contributed by atoms with van der Waals surface area (Å²) < 4.78 is 13.2. The van der Waals surface area contributed by atoms with Crippen LogP contribution in [0.25, 0.3) is 11.3 Å². The maximum Gasteiger partial charge on any atom is 0.409 e. The van der Waals surface area contributed by atoms with Gasteiger partial charge in [0.2, 0.25) is 0 Å². The molecule has 3 rings (SSSR count). The number of pyridine rings is 1. The first-order valence-corrected chi connectivity index (χ1v) is 11.5. The van der Waals surface area contributed by atoms with Crippen LogP contribution in [0.2, 0.25) is 0 Å². The molecule has 1 aliphatic carbocycles. The Bertz CT molecular complexity index is 941. The Kier molecular flexibility index (Phi) is 8.30. The van der Waals surface area contributed by atoms with Crippen LogP contribution >= 0.6 is 0 Å². The largest absolute Gasteiger partial charge is 0.489 e. The highest BCUT2D eigenvalue weighted by molar-refractivity contribution is 5.70.